The topological polar surface area (TPSA) is 65.2 Å². The molecule has 0 bridgehead atoms. The van der Waals surface area contributed by atoms with Crippen molar-refractivity contribution in [2.75, 3.05) is 12.8 Å². The smallest absolute Gasteiger partial charge is 0.337 e. The molecule has 0 unspecified atom stereocenters. The van der Waals surface area contributed by atoms with Crippen LogP contribution >= 0.6 is 23.1 Å². The van der Waals surface area contributed by atoms with Gasteiger partial charge in [0, 0.05) is 5.75 Å². The molecule has 1 aromatic carbocycles. The maximum atomic E-state index is 11.4. The van der Waals surface area contributed by atoms with Crippen LogP contribution in [0.3, 0.4) is 0 Å². The number of aromatic nitrogens is 1. The summed E-state index contributed by atoms with van der Waals surface area (Å²) in [6, 6.07) is 7.40. The van der Waals surface area contributed by atoms with Crippen molar-refractivity contribution in [2.24, 2.45) is 0 Å². The van der Waals surface area contributed by atoms with Crippen LogP contribution in [0.2, 0.25) is 0 Å². The number of methoxy groups -OCH3 is 1. The number of thiazole rings is 1. The average molecular weight is 280 g/mol. The molecule has 2 rings (SSSR count). The highest BCUT2D eigenvalue weighted by Gasteiger charge is 2.06. The van der Waals surface area contributed by atoms with Crippen molar-refractivity contribution >= 4 is 34.2 Å². The molecule has 2 N–H and O–H groups in total. The number of benzene rings is 1. The second-order valence-corrected chi connectivity index (χ2v) is 5.84. The average Bonchev–Trinajstić information content (AvgIpc) is 2.81. The maximum absolute atomic E-state index is 11.4. The van der Waals surface area contributed by atoms with Crippen molar-refractivity contribution < 1.29 is 9.53 Å². The number of nitrogens with two attached hydrogens (primary N) is 1. The summed E-state index contributed by atoms with van der Waals surface area (Å²) in [5.41, 5.74) is 7.20. The molecular formula is C12H12N2O2S2. The van der Waals surface area contributed by atoms with Gasteiger partial charge in [-0.3, -0.25) is 0 Å². The van der Waals surface area contributed by atoms with Crippen LogP contribution in [-0.2, 0) is 10.5 Å². The van der Waals surface area contributed by atoms with Gasteiger partial charge in [0.1, 0.15) is 0 Å². The summed E-state index contributed by atoms with van der Waals surface area (Å²) in [5.74, 6) is 0.454. The summed E-state index contributed by atoms with van der Waals surface area (Å²) in [7, 11) is 1.38. The van der Waals surface area contributed by atoms with Crippen LogP contribution in [0, 0.1) is 0 Å². The van der Waals surface area contributed by atoms with Crippen molar-refractivity contribution in [1.29, 1.82) is 0 Å². The summed E-state index contributed by atoms with van der Waals surface area (Å²) in [4.78, 5) is 15.4. The standard InChI is InChI=1S/C12H12N2O2S2/c1-16-11(15)9-4-2-3-8(5-9)7-17-10-6-14-12(13)18-10/h2-6H,7H2,1H3,(H2,13,14). The number of carbonyl (C=O) groups is 1. The number of thioether (sulfide) groups is 1. The number of ether oxygens (including phenoxy) is 1. The van der Waals surface area contributed by atoms with Gasteiger partial charge in [0.2, 0.25) is 0 Å². The third-order valence-corrected chi connectivity index (χ3v) is 4.32. The third-order valence-electron chi connectivity index (χ3n) is 2.23. The number of nitrogens with zero attached hydrogens (tertiary/aromatic N) is 1. The van der Waals surface area contributed by atoms with Gasteiger partial charge in [-0.2, -0.15) is 0 Å². The number of nitrogen functional groups attached to an aromatic ring is 1. The lowest BCUT2D eigenvalue weighted by Gasteiger charge is -2.02. The van der Waals surface area contributed by atoms with Gasteiger partial charge in [-0.1, -0.05) is 23.5 Å². The molecular weight excluding hydrogens is 268 g/mol. The van der Waals surface area contributed by atoms with Crippen molar-refractivity contribution in [3.8, 4) is 0 Å². The molecule has 94 valence electrons. The van der Waals surface area contributed by atoms with E-state index >= 15 is 0 Å². The lowest BCUT2D eigenvalue weighted by molar-refractivity contribution is 0.0600. The Morgan fingerprint density at radius 2 is 2.39 bits per heavy atom. The lowest BCUT2D eigenvalue weighted by Crippen LogP contribution is -2.01. The molecule has 0 aliphatic carbocycles. The van der Waals surface area contributed by atoms with Crippen molar-refractivity contribution in [3.63, 3.8) is 0 Å². The second kappa shape index (κ2) is 5.88. The van der Waals surface area contributed by atoms with Crippen LogP contribution in [0.4, 0.5) is 5.13 Å². The normalized spacial score (nSPS) is 10.3. The molecule has 0 saturated heterocycles. The zero-order chi connectivity index (χ0) is 13.0. The van der Waals surface area contributed by atoms with E-state index in [4.69, 9.17) is 5.73 Å². The van der Waals surface area contributed by atoms with Crippen LogP contribution < -0.4 is 5.73 Å². The van der Waals surface area contributed by atoms with E-state index in [0.717, 1.165) is 15.5 Å². The molecule has 1 heterocycles. The molecule has 0 fully saturated rings. The van der Waals surface area contributed by atoms with Crippen LogP contribution in [0.25, 0.3) is 0 Å². The molecule has 0 amide bonds. The highest BCUT2D eigenvalue weighted by Crippen LogP contribution is 2.29. The minimum Gasteiger partial charge on any atom is -0.465 e. The Hall–Kier alpha value is -1.53. The largest absolute Gasteiger partial charge is 0.465 e. The van der Waals surface area contributed by atoms with Gasteiger partial charge < -0.3 is 10.5 Å². The Labute approximate surface area is 113 Å². The van der Waals surface area contributed by atoms with Crippen LogP contribution in [-0.4, -0.2) is 18.1 Å². The lowest BCUT2D eigenvalue weighted by atomic mass is 10.1. The van der Waals surface area contributed by atoms with E-state index in [2.05, 4.69) is 9.72 Å². The van der Waals surface area contributed by atoms with Gasteiger partial charge in [0.25, 0.3) is 0 Å². The molecule has 4 nitrogen and oxygen atoms in total. The second-order valence-electron chi connectivity index (χ2n) is 3.50. The Morgan fingerprint density at radius 1 is 1.56 bits per heavy atom. The van der Waals surface area contributed by atoms with Crippen molar-refractivity contribution in [3.05, 3.63) is 41.6 Å². The molecule has 0 atom stereocenters. The maximum Gasteiger partial charge on any atom is 0.337 e. The van der Waals surface area contributed by atoms with E-state index in [1.165, 1.54) is 18.4 Å². The van der Waals surface area contributed by atoms with Gasteiger partial charge in [0.05, 0.1) is 23.1 Å². The third kappa shape index (κ3) is 3.24. The Bertz CT molecular complexity index is 555. The molecule has 2 aromatic rings. The van der Waals surface area contributed by atoms with Crippen LogP contribution in [0.1, 0.15) is 15.9 Å². The number of hydrogen-bond acceptors (Lipinski definition) is 6. The van der Waals surface area contributed by atoms with Gasteiger partial charge in [0.15, 0.2) is 5.13 Å². The van der Waals surface area contributed by atoms with E-state index in [9.17, 15) is 4.79 Å². The molecule has 0 spiro atoms. The quantitative estimate of drug-likeness (QED) is 0.689. The molecule has 18 heavy (non-hydrogen) atoms. The van der Waals surface area contributed by atoms with Gasteiger partial charge in [-0.25, -0.2) is 9.78 Å². The fourth-order valence-corrected chi connectivity index (χ4v) is 3.10. The highest BCUT2D eigenvalue weighted by molar-refractivity contribution is 8.00. The number of carbonyl (C=O) groups excluding carboxylic acids is 1. The summed E-state index contributed by atoms with van der Waals surface area (Å²) < 4.78 is 5.75. The van der Waals surface area contributed by atoms with E-state index in [-0.39, 0.29) is 5.97 Å². The first kappa shape index (κ1) is 12.9. The van der Waals surface area contributed by atoms with Gasteiger partial charge in [-0.05, 0) is 17.7 Å². The fourth-order valence-electron chi connectivity index (χ4n) is 1.40. The number of esters is 1. The minimum absolute atomic E-state index is 0.316. The first-order chi connectivity index (χ1) is 8.69. The number of hydrogen-bond donors (Lipinski definition) is 1. The first-order valence-electron chi connectivity index (χ1n) is 5.20. The van der Waals surface area contributed by atoms with Crippen LogP contribution in [0.5, 0.6) is 0 Å². The monoisotopic (exact) mass is 280 g/mol. The predicted molar refractivity (Wildman–Crippen MR) is 73.9 cm³/mol. The Balaban J connectivity index is 2.03. The van der Waals surface area contributed by atoms with Gasteiger partial charge >= 0.3 is 5.97 Å². The van der Waals surface area contributed by atoms with E-state index < -0.39 is 0 Å². The van der Waals surface area contributed by atoms with Crippen molar-refractivity contribution in [2.45, 2.75) is 9.96 Å². The predicted octanol–water partition coefficient (Wildman–Crippen LogP) is 2.80. The zero-order valence-electron chi connectivity index (χ0n) is 9.75. The van der Waals surface area contributed by atoms with E-state index in [0.29, 0.717) is 10.7 Å². The van der Waals surface area contributed by atoms with Crippen LogP contribution in [0.15, 0.2) is 34.7 Å². The summed E-state index contributed by atoms with van der Waals surface area (Å²) in [5, 5.41) is 0.570. The number of rotatable bonds is 4. The first-order valence-corrected chi connectivity index (χ1v) is 7.00. The molecule has 0 aliphatic rings. The molecule has 0 saturated carbocycles. The minimum atomic E-state index is -0.316. The van der Waals surface area contributed by atoms with E-state index in [1.54, 1.807) is 24.0 Å². The fraction of sp³-hybridized carbons (Fsp3) is 0.167. The molecule has 1 aromatic heterocycles. The van der Waals surface area contributed by atoms with Gasteiger partial charge in [-0.15, -0.1) is 11.8 Å². The SMILES string of the molecule is COC(=O)c1cccc(CSc2cnc(N)s2)c1. The van der Waals surface area contributed by atoms with E-state index in [1.807, 2.05) is 18.2 Å². The Kier molecular flexibility index (Phi) is 4.22. The Morgan fingerprint density at radius 3 is 3.06 bits per heavy atom. The molecule has 0 aliphatic heterocycles. The number of anilines is 1. The van der Waals surface area contributed by atoms with Crippen molar-refractivity contribution in [1.82, 2.24) is 4.98 Å². The molecule has 0 radical (unpaired) electrons. The summed E-state index contributed by atoms with van der Waals surface area (Å²) in [6.45, 7) is 0. The highest BCUT2D eigenvalue weighted by atomic mass is 32.2. The summed E-state index contributed by atoms with van der Waals surface area (Å²) in [6.07, 6.45) is 1.76. The summed E-state index contributed by atoms with van der Waals surface area (Å²) >= 11 is 3.11. The molecule has 6 heteroatoms. The zero-order valence-corrected chi connectivity index (χ0v) is 11.4.